The molecular formula is C11H24N2. The van der Waals surface area contributed by atoms with E-state index in [1.807, 2.05) is 0 Å². The van der Waals surface area contributed by atoms with Gasteiger partial charge in [-0.3, -0.25) is 0 Å². The summed E-state index contributed by atoms with van der Waals surface area (Å²) in [5, 5.41) is 3.61. The van der Waals surface area contributed by atoms with Gasteiger partial charge in [-0.15, -0.1) is 0 Å². The van der Waals surface area contributed by atoms with Gasteiger partial charge in [-0.25, -0.2) is 0 Å². The van der Waals surface area contributed by atoms with Crippen LogP contribution < -0.4 is 11.1 Å². The molecular weight excluding hydrogens is 160 g/mol. The van der Waals surface area contributed by atoms with E-state index < -0.39 is 0 Å². The van der Waals surface area contributed by atoms with Crippen LogP contribution in [0.3, 0.4) is 0 Å². The lowest BCUT2D eigenvalue weighted by atomic mass is 9.98. The molecule has 1 saturated carbocycles. The van der Waals surface area contributed by atoms with E-state index in [0.29, 0.717) is 17.5 Å². The monoisotopic (exact) mass is 184 g/mol. The highest BCUT2D eigenvalue weighted by Gasteiger charge is 2.28. The Bertz CT molecular complexity index is 148. The zero-order valence-corrected chi connectivity index (χ0v) is 9.27. The molecule has 1 unspecified atom stereocenters. The minimum absolute atomic E-state index is 0.303. The third-order valence-electron chi connectivity index (χ3n) is 3.33. The lowest BCUT2D eigenvalue weighted by molar-refractivity contribution is 0.331. The van der Waals surface area contributed by atoms with E-state index in [2.05, 4.69) is 26.1 Å². The van der Waals surface area contributed by atoms with Crippen LogP contribution >= 0.6 is 0 Å². The molecule has 0 aliphatic heterocycles. The number of nitrogens with one attached hydrogen (secondary N) is 1. The van der Waals surface area contributed by atoms with Crippen molar-refractivity contribution in [3.05, 3.63) is 0 Å². The first kappa shape index (κ1) is 11.0. The Morgan fingerprint density at radius 1 is 1.31 bits per heavy atom. The molecule has 0 aromatic heterocycles. The maximum absolute atomic E-state index is 5.99. The summed E-state index contributed by atoms with van der Waals surface area (Å²) in [5.41, 5.74) is 6.37. The summed E-state index contributed by atoms with van der Waals surface area (Å²) < 4.78 is 0. The Hall–Kier alpha value is -0.0800. The van der Waals surface area contributed by atoms with Gasteiger partial charge in [0.1, 0.15) is 0 Å². The fourth-order valence-corrected chi connectivity index (χ4v) is 1.93. The van der Waals surface area contributed by atoms with E-state index >= 15 is 0 Å². The molecule has 0 spiro atoms. The summed E-state index contributed by atoms with van der Waals surface area (Å²) in [6.07, 6.45) is 5.39. The highest BCUT2D eigenvalue weighted by molar-refractivity contribution is 4.89. The van der Waals surface area contributed by atoms with E-state index in [0.717, 1.165) is 6.54 Å². The third-order valence-corrected chi connectivity index (χ3v) is 3.33. The molecule has 78 valence electrons. The summed E-state index contributed by atoms with van der Waals surface area (Å²) >= 11 is 0. The highest BCUT2D eigenvalue weighted by atomic mass is 15.0. The maximum atomic E-state index is 5.99. The van der Waals surface area contributed by atoms with Crippen LogP contribution in [0.4, 0.5) is 0 Å². The van der Waals surface area contributed by atoms with Crippen LogP contribution in [0.5, 0.6) is 0 Å². The van der Waals surface area contributed by atoms with Crippen LogP contribution in [0.1, 0.15) is 46.5 Å². The van der Waals surface area contributed by atoms with Crippen LogP contribution in [0.2, 0.25) is 0 Å². The Kier molecular flexibility index (Phi) is 3.74. The fraction of sp³-hybridized carbons (Fsp3) is 1.00. The van der Waals surface area contributed by atoms with Crippen LogP contribution in [0, 0.1) is 5.92 Å². The number of nitrogens with two attached hydrogens (primary N) is 1. The summed E-state index contributed by atoms with van der Waals surface area (Å²) in [7, 11) is 0. The second-order valence-electron chi connectivity index (χ2n) is 5.06. The Balaban J connectivity index is 2.24. The summed E-state index contributed by atoms with van der Waals surface area (Å²) in [6.45, 7) is 7.66. The first-order valence-corrected chi connectivity index (χ1v) is 5.54. The van der Waals surface area contributed by atoms with Crippen LogP contribution in [0.15, 0.2) is 0 Å². The average molecular weight is 184 g/mol. The molecule has 3 N–H and O–H groups in total. The van der Waals surface area contributed by atoms with Crippen molar-refractivity contribution in [3.8, 4) is 0 Å². The first-order valence-electron chi connectivity index (χ1n) is 5.54. The van der Waals surface area contributed by atoms with Crippen molar-refractivity contribution in [1.29, 1.82) is 0 Å². The topological polar surface area (TPSA) is 38.0 Å². The molecule has 1 atom stereocenters. The highest BCUT2D eigenvalue weighted by Crippen LogP contribution is 2.28. The van der Waals surface area contributed by atoms with Gasteiger partial charge in [0, 0.05) is 18.1 Å². The molecule has 1 fully saturated rings. The van der Waals surface area contributed by atoms with Gasteiger partial charge in [0.2, 0.25) is 0 Å². The molecule has 2 heteroatoms. The van der Waals surface area contributed by atoms with E-state index in [4.69, 9.17) is 5.73 Å². The largest absolute Gasteiger partial charge is 0.326 e. The van der Waals surface area contributed by atoms with E-state index in [1.165, 1.54) is 25.7 Å². The van der Waals surface area contributed by atoms with Crippen LogP contribution in [0.25, 0.3) is 0 Å². The fourth-order valence-electron chi connectivity index (χ4n) is 1.93. The summed E-state index contributed by atoms with van der Waals surface area (Å²) in [6, 6.07) is 0.303. The minimum atomic E-state index is 0.303. The van der Waals surface area contributed by atoms with Crippen molar-refractivity contribution in [2.45, 2.75) is 58.0 Å². The lowest BCUT2D eigenvalue weighted by Crippen LogP contribution is -2.47. The molecule has 13 heavy (non-hydrogen) atoms. The van der Waals surface area contributed by atoms with Gasteiger partial charge < -0.3 is 11.1 Å². The Labute approximate surface area is 82.3 Å². The first-order chi connectivity index (χ1) is 6.03. The Morgan fingerprint density at radius 2 is 1.85 bits per heavy atom. The van der Waals surface area contributed by atoms with Gasteiger partial charge in [0.05, 0.1) is 0 Å². The molecule has 0 aromatic rings. The van der Waals surface area contributed by atoms with Crippen molar-refractivity contribution < 1.29 is 0 Å². The molecule has 0 radical (unpaired) electrons. The van der Waals surface area contributed by atoms with E-state index in [-0.39, 0.29) is 0 Å². The van der Waals surface area contributed by atoms with Gasteiger partial charge in [-0.05, 0) is 25.7 Å². The number of rotatable bonds is 4. The molecule has 1 aliphatic carbocycles. The second kappa shape index (κ2) is 4.43. The quantitative estimate of drug-likeness (QED) is 0.700. The average Bonchev–Trinajstić information content (AvgIpc) is 2.48. The predicted octanol–water partition coefficient (Wildman–Crippen LogP) is 1.89. The Morgan fingerprint density at radius 3 is 2.31 bits per heavy atom. The lowest BCUT2D eigenvalue weighted by Gasteiger charge is -2.28. The van der Waals surface area contributed by atoms with Gasteiger partial charge in [0.15, 0.2) is 0 Å². The van der Waals surface area contributed by atoms with E-state index in [9.17, 15) is 0 Å². The molecule has 0 bridgehead atoms. The van der Waals surface area contributed by atoms with Crippen LogP contribution in [-0.2, 0) is 0 Å². The standard InChI is InChI=1S/C11H24N2/c1-9(2)10(12)8-13-11(3)6-4-5-7-11/h9-10,13H,4-8,12H2,1-3H3. The molecule has 0 aromatic carbocycles. The summed E-state index contributed by atoms with van der Waals surface area (Å²) in [5.74, 6) is 0.581. The zero-order valence-electron chi connectivity index (χ0n) is 9.27. The summed E-state index contributed by atoms with van der Waals surface area (Å²) in [4.78, 5) is 0. The maximum Gasteiger partial charge on any atom is 0.0188 e. The normalized spacial score (nSPS) is 23.8. The third kappa shape index (κ3) is 3.28. The van der Waals surface area contributed by atoms with Crippen molar-refractivity contribution in [2.75, 3.05) is 6.54 Å². The van der Waals surface area contributed by atoms with Crippen molar-refractivity contribution in [3.63, 3.8) is 0 Å². The molecule has 0 amide bonds. The zero-order chi connectivity index (χ0) is 9.90. The smallest absolute Gasteiger partial charge is 0.0188 e. The SMILES string of the molecule is CC(C)C(N)CNC1(C)CCCC1. The second-order valence-corrected chi connectivity index (χ2v) is 5.06. The minimum Gasteiger partial charge on any atom is -0.326 e. The van der Waals surface area contributed by atoms with Gasteiger partial charge >= 0.3 is 0 Å². The van der Waals surface area contributed by atoms with Gasteiger partial charge in [-0.2, -0.15) is 0 Å². The molecule has 0 saturated heterocycles. The van der Waals surface area contributed by atoms with Crippen molar-refractivity contribution >= 4 is 0 Å². The van der Waals surface area contributed by atoms with E-state index in [1.54, 1.807) is 0 Å². The van der Waals surface area contributed by atoms with Crippen molar-refractivity contribution in [2.24, 2.45) is 11.7 Å². The molecule has 2 nitrogen and oxygen atoms in total. The number of hydrogen-bond acceptors (Lipinski definition) is 2. The molecule has 0 heterocycles. The predicted molar refractivity (Wildman–Crippen MR) is 57.7 cm³/mol. The van der Waals surface area contributed by atoms with Crippen LogP contribution in [-0.4, -0.2) is 18.1 Å². The molecule has 1 aliphatic rings. The molecule has 1 rings (SSSR count). The van der Waals surface area contributed by atoms with Crippen molar-refractivity contribution in [1.82, 2.24) is 5.32 Å². The van der Waals surface area contributed by atoms with Gasteiger partial charge in [-0.1, -0.05) is 26.7 Å². The number of hydrogen-bond donors (Lipinski definition) is 2. The van der Waals surface area contributed by atoms with Gasteiger partial charge in [0.25, 0.3) is 0 Å².